The van der Waals surface area contributed by atoms with Crippen molar-refractivity contribution in [1.29, 1.82) is 0 Å². The number of likely N-dealkylation sites (tertiary alicyclic amines) is 1. The van der Waals surface area contributed by atoms with E-state index in [0.29, 0.717) is 25.1 Å². The third-order valence-corrected chi connectivity index (χ3v) is 5.13. The van der Waals surface area contributed by atoms with Crippen LogP contribution in [0.2, 0.25) is 5.02 Å². The van der Waals surface area contributed by atoms with Gasteiger partial charge in [-0.25, -0.2) is 0 Å². The van der Waals surface area contributed by atoms with Gasteiger partial charge in [0.2, 0.25) is 0 Å². The van der Waals surface area contributed by atoms with E-state index in [2.05, 4.69) is 4.98 Å². The van der Waals surface area contributed by atoms with Crippen molar-refractivity contribution in [2.45, 2.75) is 18.1 Å². The molecule has 2 aliphatic heterocycles. The number of benzene rings is 1. The van der Waals surface area contributed by atoms with Crippen molar-refractivity contribution in [3.05, 3.63) is 58.9 Å². The van der Waals surface area contributed by atoms with Crippen LogP contribution in [0.15, 0.2) is 42.6 Å². The first-order valence-electron chi connectivity index (χ1n) is 8.05. The van der Waals surface area contributed by atoms with Crippen LogP contribution in [0.5, 0.6) is 5.75 Å². The minimum atomic E-state index is -0.607. The molecule has 0 spiro atoms. The number of phenolic OH excluding ortho intramolecular Hbond substituents is 1. The highest BCUT2D eigenvalue weighted by Crippen LogP contribution is 2.41. The van der Waals surface area contributed by atoms with Crippen LogP contribution in [0.25, 0.3) is 0 Å². The van der Waals surface area contributed by atoms with Crippen LogP contribution in [0.3, 0.4) is 0 Å². The second-order valence-corrected chi connectivity index (χ2v) is 6.60. The molecule has 2 saturated heterocycles. The number of hydrogen-bond donors (Lipinski definition) is 1. The number of fused-ring (bicyclic) bond motifs is 1. The quantitative estimate of drug-likeness (QED) is 0.889. The summed E-state index contributed by atoms with van der Waals surface area (Å²) in [4.78, 5) is 18.9. The van der Waals surface area contributed by atoms with Gasteiger partial charge in [-0.15, -0.1) is 0 Å². The third kappa shape index (κ3) is 2.76. The fourth-order valence-electron chi connectivity index (χ4n) is 3.46. The van der Waals surface area contributed by atoms with Crippen molar-refractivity contribution >= 4 is 17.5 Å². The molecule has 0 unspecified atom stereocenters. The Labute approximate surface area is 151 Å². The maximum atomic E-state index is 12.8. The van der Waals surface area contributed by atoms with Crippen LogP contribution < -0.4 is 0 Å². The van der Waals surface area contributed by atoms with Gasteiger partial charge in [0.05, 0.1) is 17.3 Å². The van der Waals surface area contributed by atoms with Crippen LogP contribution in [0.4, 0.5) is 0 Å². The smallest absolute Gasteiger partial charge is 0.254 e. The Kier molecular flexibility index (Phi) is 4.11. The van der Waals surface area contributed by atoms with Crippen LogP contribution >= 0.6 is 11.6 Å². The zero-order valence-corrected chi connectivity index (χ0v) is 14.1. The summed E-state index contributed by atoms with van der Waals surface area (Å²) in [6, 6.07) is 10.2. The highest BCUT2D eigenvalue weighted by atomic mass is 35.5. The molecule has 7 heteroatoms. The molecule has 2 aliphatic rings. The molecule has 0 aliphatic carbocycles. The fourth-order valence-corrected chi connectivity index (χ4v) is 3.64. The van der Waals surface area contributed by atoms with Gasteiger partial charge in [0.1, 0.15) is 24.2 Å². The summed E-state index contributed by atoms with van der Waals surface area (Å²) < 4.78 is 11.7. The van der Waals surface area contributed by atoms with Gasteiger partial charge in [-0.2, -0.15) is 0 Å². The molecule has 2 fully saturated rings. The lowest BCUT2D eigenvalue weighted by molar-refractivity contribution is -0.0470. The second-order valence-electron chi connectivity index (χ2n) is 6.19. The highest BCUT2D eigenvalue weighted by molar-refractivity contribution is 6.32. The molecule has 0 bridgehead atoms. The molecule has 25 heavy (non-hydrogen) atoms. The highest BCUT2D eigenvalue weighted by Gasteiger charge is 2.52. The van der Waals surface area contributed by atoms with E-state index in [1.165, 1.54) is 12.1 Å². The number of carbonyl (C=O) groups is 1. The number of carbonyl (C=O) groups excluding carboxylic acids is 1. The van der Waals surface area contributed by atoms with Crippen molar-refractivity contribution in [2.75, 3.05) is 19.9 Å². The van der Waals surface area contributed by atoms with E-state index in [-0.39, 0.29) is 31.0 Å². The van der Waals surface area contributed by atoms with Gasteiger partial charge < -0.3 is 19.5 Å². The van der Waals surface area contributed by atoms with Gasteiger partial charge in [-0.05, 0) is 30.3 Å². The van der Waals surface area contributed by atoms with Gasteiger partial charge in [0.15, 0.2) is 0 Å². The van der Waals surface area contributed by atoms with Gasteiger partial charge in [-0.3, -0.25) is 9.78 Å². The summed E-state index contributed by atoms with van der Waals surface area (Å²) >= 11 is 5.91. The summed E-state index contributed by atoms with van der Waals surface area (Å²) in [6.07, 6.45) is 2.07. The van der Waals surface area contributed by atoms with Gasteiger partial charge in [0, 0.05) is 26.2 Å². The number of halogens is 1. The average Bonchev–Trinajstić information content (AvgIpc) is 3.08. The number of pyridine rings is 1. The molecule has 1 N–H and O–H groups in total. The van der Waals surface area contributed by atoms with Crippen LogP contribution in [0.1, 0.15) is 23.9 Å². The Balaban J connectivity index is 0.00000196. The number of aromatic hydroxyl groups is 1. The second kappa shape index (κ2) is 6.29. The number of amides is 1. The maximum Gasteiger partial charge on any atom is 0.254 e. The lowest BCUT2D eigenvalue weighted by Crippen LogP contribution is -2.53. The molecule has 1 aromatic heterocycles. The van der Waals surface area contributed by atoms with E-state index in [0.717, 1.165) is 5.69 Å². The molecule has 2 atom stereocenters. The topological polar surface area (TPSA) is 71.9 Å². The maximum absolute atomic E-state index is 12.8. The van der Waals surface area contributed by atoms with Crippen LogP contribution in [0, 0.1) is 0 Å². The molecule has 132 valence electrons. The first-order chi connectivity index (χ1) is 12.1. The minimum Gasteiger partial charge on any atom is -0.506 e. The number of phenols is 1. The van der Waals surface area contributed by atoms with Gasteiger partial charge in [-0.1, -0.05) is 17.7 Å². The zero-order valence-electron chi connectivity index (χ0n) is 13.4. The van der Waals surface area contributed by atoms with E-state index in [9.17, 15) is 9.90 Å². The number of piperidine rings is 1. The van der Waals surface area contributed by atoms with E-state index in [4.69, 9.17) is 21.1 Å². The molecule has 1 aromatic carbocycles. The molecule has 2 aromatic rings. The summed E-state index contributed by atoms with van der Waals surface area (Å²) in [7, 11) is 0. The monoisotopic (exact) mass is 362 g/mol. The van der Waals surface area contributed by atoms with Crippen LogP contribution in [-0.4, -0.2) is 46.9 Å². The molecule has 0 radical (unpaired) electrons. The number of nitrogens with zero attached hydrogens (tertiary/aromatic N) is 2. The lowest BCUT2D eigenvalue weighted by atomic mass is 9.85. The van der Waals surface area contributed by atoms with E-state index in [1.807, 2.05) is 18.2 Å². The normalized spacial score (nSPS) is 25.6. The molecule has 4 rings (SSSR count). The third-order valence-electron chi connectivity index (χ3n) is 4.83. The minimum absolute atomic E-state index is 0. The SMILES string of the molecule is O=C(c1ccc(O)c(Cl)c1)N1CC[C@]2(c3ccccn3)OCO[C@@H]2C1.[HH]. The Morgan fingerprint density at radius 1 is 1.40 bits per heavy atom. The van der Waals surface area contributed by atoms with Crippen molar-refractivity contribution in [3.8, 4) is 5.75 Å². The molecule has 0 saturated carbocycles. The summed E-state index contributed by atoms with van der Waals surface area (Å²) in [5, 5.41) is 9.68. The van der Waals surface area contributed by atoms with Crippen molar-refractivity contribution in [3.63, 3.8) is 0 Å². The molecule has 3 heterocycles. The van der Waals surface area contributed by atoms with Crippen LogP contribution in [-0.2, 0) is 15.1 Å². The predicted molar refractivity (Wildman–Crippen MR) is 92.5 cm³/mol. The van der Waals surface area contributed by atoms with E-state index < -0.39 is 5.60 Å². The average molecular weight is 363 g/mol. The first-order valence-corrected chi connectivity index (χ1v) is 8.43. The first kappa shape index (κ1) is 16.3. The molecular weight excluding hydrogens is 344 g/mol. The standard InChI is InChI=1S/C18H17ClN2O4.H2/c19-13-9-12(4-5-14(13)22)17(23)21-8-6-18(15-3-1-2-7-20-15)16(10-21)24-11-25-18;/h1-5,7,9,16,22H,6,8,10-11H2;1H/t16-,18-;/m1./s1. The number of hydrogen-bond acceptors (Lipinski definition) is 5. The summed E-state index contributed by atoms with van der Waals surface area (Å²) in [6.45, 7) is 1.12. The molecule has 6 nitrogen and oxygen atoms in total. The van der Waals surface area contributed by atoms with Crippen molar-refractivity contribution in [2.24, 2.45) is 0 Å². The zero-order chi connectivity index (χ0) is 17.4. The van der Waals surface area contributed by atoms with Crippen molar-refractivity contribution < 1.29 is 20.8 Å². The lowest BCUT2D eigenvalue weighted by Gasteiger charge is -2.41. The fraction of sp³-hybridized carbons (Fsp3) is 0.333. The van der Waals surface area contributed by atoms with E-state index in [1.54, 1.807) is 17.2 Å². The Hall–Kier alpha value is -2.15. The Morgan fingerprint density at radius 2 is 2.28 bits per heavy atom. The summed E-state index contributed by atoms with van der Waals surface area (Å²) in [5.41, 5.74) is 0.661. The number of rotatable bonds is 2. The van der Waals surface area contributed by atoms with Gasteiger partial charge >= 0.3 is 0 Å². The van der Waals surface area contributed by atoms with E-state index >= 15 is 0 Å². The Morgan fingerprint density at radius 3 is 3.04 bits per heavy atom. The summed E-state index contributed by atoms with van der Waals surface area (Å²) in [5.74, 6) is -0.189. The van der Waals surface area contributed by atoms with Gasteiger partial charge in [0.25, 0.3) is 5.91 Å². The number of ether oxygens (including phenoxy) is 2. The molecule has 1 amide bonds. The molecular formula is C18H19ClN2O4. The number of aromatic nitrogens is 1. The Bertz CT molecular complexity index is 807. The van der Waals surface area contributed by atoms with Crippen molar-refractivity contribution in [1.82, 2.24) is 9.88 Å². The predicted octanol–water partition coefficient (Wildman–Crippen LogP) is 2.80. The largest absolute Gasteiger partial charge is 0.506 e.